The summed E-state index contributed by atoms with van der Waals surface area (Å²) in [6, 6.07) is 10.1. The van der Waals surface area contributed by atoms with E-state index in [1.165, 1.54) is 6.07 Å². The van der Waals surface area contributed by atoms with Crippen LogP contribution in [0, 0.1) is 6.92 Å². The summed E-state index contributed by atoms with van der Waals surface area (Å²) in [5.74, 6) is -0.453. The monoisotopic (exact) mass is 376 g/mol. The predicted octanol–water partition coefficient (Wildman–Crippen LogP) is 4.79. The molecule has 1 N–H and O–H groups in total. The molecule has 0 atom stereocenters. The number of carbonyl (C=O) groups excluding carboxylic acids is 2. The average Bonchev–Trinajstić information content (AvgIpc) is 3.12. The summed E-state index contributed by atoms with van der Waals surface area (Å²) in [4.78, 5) is 27.3. The first-order valence-corrected chi connectivity index (χ1v) is 8.88. The van der Waals surface area contributed by atoms with Crippen LogP contribution in [0.5, 0.6) is 0 Å². The molecule has 25 heavy (non-hydrogen) atoms. The van der Waals surface area contributed by atoms with Crippen molar-refractivity contribution in [1.82, 2.24) is 4.90 Å². The summed E-state index contributed by atoms with van der Waals surface area (Å²) < 4.78 is 0. The van der Waals surface area contributed by atoms with E-state index in [9.17, 15) is 9.59 Å². The molecular weight excluding hydrogens is 359 g/mol. The zero-order chi connectivity index (χ0) is 18.0. The molecule has 3 rings (SSSR count). The Balaban J connectivity index is 1.93. The van der Waals surface area contributed by atoms with Crippen molar-refractivity contribution in [2.45, 2.75) is 19.8 Å². The Morgan fingerprint density at radius 1 is 1.04 bits per heavy atom. The van der Waals surface area contributed by atoms with Gasteiger partial charge in [-0.25, -0.2) is 0 Å². The molecule has 6 heteroatoms. The molecular formula is C19H18Cl2N2O2. The number of amides is 2. The highest BCUT2D eigenvalue weighted by atomic mass is 35.5. The van der Waals surface area contributed by atoms with Crippen LogP contribution in [0.2, 0.25) is 10.0 Å². The Bertz CT molecular complexity index is 830. The second-order valence-electron chi connectivity index (χ2n) is 6.08. The fourth-order valence-electron chi connectivity index (χ4n) is 2.95. The van der Waals surface area contributed by atoms with Crippen molar-refractivity contribution < 1.29 is 9.59 Å². The zero-order valence-corrected chi connectivity index (χ0v) is 15.3. The number of para-hydroxylation sites is 1. The van der Waals surface area contributed by atoms with E-state index in [0.717, 1.165) is 31.5 Å². The summed E-state index contributed by atoms with van der Waals surface area (Å²) in [5, 5.41) is 3.57. The highest BCUT2D eigenvalue weighted by molar-refractivity contribution is 6.36. The highest BCUT2D eigenvalue weighted by Crippen LogP contribution is 2.26. The first kappa shape index (κ1) is 17.8. The zero-order valence-electron chi connectivity index (χ0n) is 13.8. The predicted molar refractivity (Wildman–Crippen MR) is 101 cm³/mol. The number of carbonyl (C=O) groups is 2. The van der Waals surface area contributed by atoms with Gasteiger partial charge >= 0.3 is 0 Å². The van der Waals surface area contributed by atoms with E-state index in [1.807, 2.05) is 24.0 Å². The quantitative estimate of drug-likeness (QED) is 0.836. The first-order valence-electron chi connectivity index (χ1n) is 8.12. The van der Waals surface area contributed by atoms with Gasteiger partial charge in [0.05, 0.1) is 21.8 Å². The Hall–Kier alpha value is -2.04. The Morgan fingerprint density at radius 2 is 1.76 bits per heavy atom. The summed E-state index contributed by atoms with van der Waals surface area (Å²) in [7, 11) is 0. The number of aryl methyl sites for hydroxylation is 1. The van der Waals surface area contributed by atoms with Crippen molar-refractivity contribution in [3.63, 3.8) is 0 Å². The fourth-order valence-corrected chi connectivity index (χ4v) is 3.33. The van der Waals surface area contributed by atoms with Gasteiger partial charge in [-0.05, 0) is 49.6 Å². The third kappa shape index (κ3) is 3.80. The summed E-state index contributed by atoms with van der Waals surface area (Å²) in [5.41, 5.74) is 2.10. The molecule has 2 amide bonds. The molecule has 2 aromatic rings. The number of likely N-dealkylation sites (tertiary alicyclic amines) is 1. The standard InChI is InChI=1S/C19H18Cl2N2O2/c1-12-5-4-6-14(19(25)23-9-2-3-10-23)17(12)22-18(24)15-11-13(20)7-8-16(15)21/h4-8,11H,2-3,9-10H2,1H3,(H,22,24). The van der Waals surface area contributed by atoms with Crippen molar-refractivity contribution in [3.05, 3.63) is 63.1 Å². The summed E-state index contributed by atoms with van der Waals surface area (Å²) in [6.45, 7) is 3.36. The molecule has 0 spiro atoms. The molecule has 0 saturated carbocycles. The number of nitrogens with one attached hydrogen (secondary N) is 1. The maximum absolute atomic E-state index is 12.8. The van der Waals surface area contributed by atoms with Gasteiger partial charge in [-0.3, -0.25) is 9.59 Å². The topological polar surface area (TPSA) is 49.4 Å². The van der Waals surface area contributed by atoms with Gasteiger partial charge in [0, 0.05) is 18.1 Å². The molecule has 1 saturated heterocycles. The van der Waals surface area contributed by atoms with E-state index in [4.69, 9.17) is 23.2 Å². The van der Waals surface area contributed by atoms with Crippen LogP contribution in [0.15, 0.2) is 36.4 Å². The molecule has 1 heterocycles. The van der Waals surface area contributed by atoms with Crippen molar-refractivity contribution in [2.75, 3.05) is 18.4 Å². The third-order valence-electron chi connectivity index (χ3n) is 4.31. The average molecular weight is 377 g/mol. The second kappa shape index (κ2) is 7.46. The number of benzene rings is 2. The Kier molecular flexibility index (Phi) is 5.30. The lowest BCUT2D eigenvalue weighted by molar-refractivity contribution is 0.0794. The molecule has 1 aliphatic rings. The van der Waals surface area contributed by atoms with Gasteiger partial charge in [0.1, 0.15) is 0 Å². The normalized spacial score (nSPS) is 13.8. The number of hydrogen-bond acceptors (Lipinski definition) is 2. The molecule has 1 aliphatic heterocycles. The van der Waals surface area contributed by atoms with Crippen LogP contribution >= 0.6 is 23.2 Å². The van der Waals surface area contributed by atoms with E-state index in [0.29, 0.717) is 21.3 Å². The number of hydrogen-bond donors (Lipinski definition) is 1. The molecule has 0 aliphatic carbocycles. The minimum absolute atomic E-state index is 0.0614. The van der Waals surface area contributed by atoms with Crippen molar-refractivity contribution in [2.24, 2.45) is 0 Å². The van der Waals surface area contributed by atoms with Crippen molar-refractivity contribution in [1.29, 1.82) is 0 Å². The maximum Gasteiger partial charge on any atom is 0.257 e. The SMILES string of the molecule is Cc1cccc(C(=O)N2CCCC2)c1NC(=O)c1cc(Cl)ccc1Cl. The number of nitrogens with zero attached hydrogens (tertiary/aromatic N) is 1. The van der Waals surface area contributed by atoms with Gasteiger partial charge in [-0.2, -0.15) is 0 Å². The minimum Gasteiger partial charge on any atom is -0.339 e. The largest absolute Gasteiger partial charge is 0.339 e. The first-order chi connectivity index (χ1) is 12.0. The fraction of sp³-hybridized carbons (Fsp3) is 0.263. The van der Waals surface area contributed by atoms with Crippen LogP contribution in [0.25, 0.3) is 0 Å². The van der Waals surface area contributed by atoms with Gasteiger partial charge in [0.15, 0.2) is 0 Å². The van der Waals surface area contributed by atoms with E-state index < -0.39 is 5.91 Å². The summed E-state index contributed by atoms with van der Waals surface area (Å²) >= 11 is 12.1. The van der Waals surface area contributed by atoms with Gasteiger partial charge < -0.3 is 10.2 Å². The van der Waals surface area contributed by atoms with Gasteiger partial charge in [0.25, 0.3) is 11.8 Å². The molecule has 2 aromatic carbocycles. The minimum atomic E-state index is -0.391. The van der Waals surface area contributed by atoms with Crippen molar-refractivity contribution >= 4 is 40.7 Å². The molecule has 130 valence electrons. The Labute approximate surface area is 156 Å². The van der Waals surface area contributed by atoms with E-state index in [2.05, 4.69) is 5.32 Å². The maximum atomic E-state index is 12.8. The van der Waals surface area contributed by atoms with Crippen LogP contribution in [0.4, 0.5) is 5.69 Å². The van der Waals surface area contributed by atoms with Crippen LogP contribution < -0.4 is 5.32 Å². The van der Waals surface area contributed by atoms with E-state index in [-0.39, 0.29) is 11.5 Å². The van der Waals surface area contributed by atoms with Crippen LogP contribution in [-0.2, 0) is 0 Å². The smallest absolute Gasteiger partial charge is 0.257 e. The molecule has 0 radical (unpaired) electrons. The summed E-state index contributed by atoms with van der Waals surface area (Å²) in [6.07, 6.45) is 2.02. The molecule has 0 unspecified atom stereocenters. The molecule has 0 aromatic heterocycles. The van der Waals surface area contributed by atoms with E-state index in [1.54, 1.807) is 18.2 Å². The lowest BCUT2D eigenvalue weighted by atomic mass is 10.1. The molecule has 0 bridgehead atoms. The van der Waals surface area contributed by atoms with Crippen LogP contribution in [0.1, 0.15) is 39.1 Å². The van der Waals surface area contributed by atoms with Crippen LogP contribution in [0.3, 0.4) is 0 Å². The molecule has 1 fully saturated rings. The third-order valence-corrected chi connectivity index (χ3v) is 4.87. The van der Waals surface area contributed by atoms with E-state index >= 15 is 0 Å². The van der Waals surface area contributed by atoms with Crippen LogP contribution in [-0.4, -0.2) is 29.8 Å². The number of anilines is 1. The van der Waals surface area contributed by atoms with Gasteiger partial charge in [-0.1, -0.05) is 35.3 Å². The van der Waals surface area contributed by atoms with Gasteiger partial charge in [0.2, 0.25) is 0 Å². The highest BCUT2D eigenvalue weighted by Gasteiger charge is 2.24. The number of rotatable bonds is 3. The number of halogens is 2. The van der Waals surface area contributed by atoms with Crippen molar-refractivity contribution in [3.8, 4) is 0 Å². The van der Waals surface area contributed by atoms with Gasteiger partial charge in [-0.15, -0.1) is 0 Å². The second-order valence-corrected chi connectivity index (χ2v) is 6.92. The lowest BCUT2D eigenvalue weighted by Gasteiger charge is -2.19. The Morgan fingerprint density at radius 3 is 2.48 bits per heavy atom. The molecule has 4 nitrogen and oxygen atoms in total. The lowest BCUT2D eigenvalue weighted by Crippen LogP contribution is -2.29.